The maximum absolute atomic E-state index is 11.7. The molecule has 0 saturated heterocycles. The van der Waals surface area contributed by atoms with E-state index in [1.807, 2.05) is 0 Å². The quantitative estimate of drug-likeness (QED) is 0.543. The van der Waals surface area contributed by atoms with E-state index in [1.165, 1.54) is 13.2 Å². The van der Waals surface area contributed by atoms with Crippen LogP contribution in [0.4, 0.5) is 0 Å². The highest BCUT2D eigenvalue weighted by Gasteiger charge is 2.12. The van der Waals surface area contributed by atoms with Crippen LogP contribution in [0.3, 0.4) is 0 Å². The maximum Gasteiger partial charge on any atom is 0.319 e. The molecule has 0 unspecified atom stereocenters. The zero-order chi connectivity index (χ0) is 12.6. The second kappa shape index (κ2) is 4.14. The highest BCUT2D eigenvalue weighted by atomic mass is 79.9. The Morgan fingerprint density at radius 2 is 2.12 bits per heavy atom. The van der Waals surface area contributed by atoms with Gasteiger partial charge < -0.3 is 0 Å². The Balaban J connectivity index is 3.05. The lowest BCUT2D eigenvalue weighted by Crippen LogP contribution is -2.41. The molecule has 2 aromatic rings. The minimum absolute atomic E-state index is 0.0122. The maximum atomic E-state index is 11.7. The molecule has 0 N–H and O–H groups in total. The van der Waals surface area contributed by atoms with Crippen LogP contribution in [0.1, 0.15) is 0 Å². The molecule has 0 amide bonds. The van der Waals surface area contributed by atoms with E-state index in [1.54, 1.807) is 0 Å². The summed E-state index contributed by atoms with van der Waals surface area (Å²) in [5, 5.41) is 0. The van der Waals surface area contributed by atoms with Crippen LogP contribution in [-0.2, 0) is 13.6 Å². The molecule has 0 spiro atoms. The Bertz CT molecular complexity index is 754. The second-order valence-electron chi connectivity index (χ2n) is 3.30. The molecular formula is C10H7BrN4O2. The molecule has 86 valence electrons. The lowest BCUT2D eigenvalue weighted by atomic mass is 10.5. The van der Waals surface area contributed by atoms with Gasteiger partial charge >= 0.3 is 11.1 Å². The van der Waals surface area contributed by atoms with E-state index in [-0.39, 0.29) is 6.54 Å². The number of rotatable bonds is 1. The lowest BCUT2D eigenvalue weighted by Gasteiger charge is -2.08. The van der Waals surface area contributed by atoms with E-state index in [0.717, 1.165) is 9.13 Å². The van der Waals surface area contributed by atoms with Crippen LogP contribution in [0, 0.1) is 12.3 Å². The first-order valence-electron chi connectivity index (χ1n) is 4.62. The van der Waals surface area contributed by atoms with E-state index in [9.17, 15) is 9.59 Å². The number of nitrogens with zero attached hydrogens (tertiary/aromatic N) is 4. The number of halogens is 1. The topological polar surface area (TPSA) is 69.8 Å². The normalized spacial score (nSPS) is 10.4. The van der Waals surface area contributed by atoms with Gasteiger partial charge in [-0.05, 0) is 15.9 Å². The number of aryl methyl sites for hydroxylation is 1. The fourth-order valence-electron chi connectivity index (χ4n) is 1.46. The molecule has 0 aromatic carbocycles. The van der Waals surface area contributed by atoms with Gasteiger partial charge in [-0.3, -0.25) is 18.7 Å². The number of hydrogen-bond donors (Lipinski definition) is 0. The zero-order valence-corrected chi connectivity index (χ0v) is 10.4. The predicted molar refractivity (Wildman–Crippen MR) is 65.6 cm³/mol. The van der Waals surface area contributed by atoms with Crippen molar-refractivity contribution in [3.63, 3.8) is 0 Å². The molecule has 0 fully saturated rings. The third kappa shape index (κ3) is 1.76. The molecule has 0 saturated carbocycles. The molecule has 0 aliphatic carbocycles. The van der Waals surface area contributed by atoms with E-state index >= 15 is 0 Å². The first-order valence-corrected chi connectivity index (χ1v) is 5.41. The molecule has 7 heteroatoms. The minimum Gasteiger partial charge on any atom is -0.288 e. The number of aromatic nitrogens is 4. The number of terminal acetylenes is 1. The predicted octanol–water partition coefficient (Wildman–Crippen LogP) is -0.114. The van der Waals surface area contributed by atoms with Crippen LogP contribution >= 0.6 is 15.9 Å². The molecule has 6 nitrogen and oxygen atoms in total. The van der Waals surface area contributed by atoms with Crippen LogP contribution < -0.4 is 11.1 Å². The van der Waals surface area contributed by atoms with Crippen molar-refractivity contribution in [2.75, 3.05) is 0 Å². The van der Waals surface area contributed by atoms with Crippen molar-refractivity contribution in [2.45, 2.75) is 6.54 Å². The number of fused-ring (bicyclic) bond motifs is 1. The summed E-state index contributed by atoms with van der Waals surface area (Å²) in [6, 6.07) is 0. The van der Waals surface area contributed by atoms with E-state index in [4.69, 9.17) is 6.42 Å². The van der Waals surface area contributed by atoms with Crippen molar-refractivity contribution in [3.05, 3.63) is 31.5 Å². The van der Waals surface area contributed by atoms with Gasteiger partial charge in [-0.25, -0.2) is 9.97 Å². The van der Waals surface area contributed by atoms with Gasteiger partial charge in [0.1, 0.15) is 4.60 Å². The van der Waals surface area contributed by atoms with Crippen molar-refractivity contribution >= 4 is 27.2 Å². The van der Waals surface area contributed by atoms with E-state index in [2.05, 4.69) is 31.8 Å². The standard InChI is InChI=1S/C10H7BrN4O2/c1-3-4-15-7-8(13-6(11)5-12-7)14(2)9(16)10(15)17/h1,5H,4H2,2H3. The fraction of sp³-hybridized carbons (Fsp3) is 0.200. The highest BCUT2D eigenvalue weighted by molar-refractivity contribution is 9.10. The first-order chi connectivity index (χ1) is 8.06. The molecule has 17 heavy (non-hydrogen) atoms. The molecular weight excluding hydrogens is 288 g/mol. The summed E-state index contributed by atoms with van der Waals surface area (Å²) in [5.74, 6) is 2.31. The largest absolute Gasteiger partial charge is 0.319 e. The van der Waals surface area contributed by atoms with E-state index in [0.29, 0.717) is 15.9 Å². The minimum atomic E-state index is -0.699. The van der Waals surface area contributed by atoms with Gasteiger partial charge in [-0.1, -0.05) is 5.92 Å². The monoisotopic (exact) mass is 294 g/mol. The summed E-state index contributed by atoms with van der Waals surface area (Å²) in [6.45, 7) is -0.0122. The van der Waals surface area contributed by atoms with Crippen molar-refractivity contribution in [3.8, 4) is 12.3 Å². The third-order valence-corrected chi connectivity index (χ3v) is 2.64. The summed E-state index contributed by atoms with van der Waals surface area (Å²) in [4.78, 5) is 31.6. The van der Waals surface area contributed by atoms with Gasteiger partial charge in [0.25, 0.3) is 0 Å². The van der Waals surface area contributed by atoms with E-state index < -0.39 is 11.1 Å². The second-order valence-corrected chi connectivity index (χ2v) is 4.11. The summed E-state index contributed by atoms with van der Waals surface area (Å²) in [7, 11) is 1.47. The molecule has 0 atom stereocenters. The van der Waals surface area contributed by atoms with Gasteiger partial charge in [0.2, 0.25) is 0 Å². The molecule has 2 rings (SSSR count). The highest BCUT2D eigenvalue weighted by Crippen LogP contribution is 2.09. The lowest BCUT2D eigenvalue weighted by molar-refractivity contribution is 0.745. The Labute approximate surface area is 104 Å². The summed E-state index contributed by atoms with van der Waals surface area (Å²) >= 11 is 3.16. The molecule has 0 aliphatic heterocycles. The van der Waals surface area contributed by atoms with Crippen molar-refractivity contribution < 1.29 is 0 Å². The average molecular weight is 295 g/mol. The summed E-state index contributed by atoms with van der Waals surface area (Å²) in [6.07, 6.45) is 6.61. The Hall–Kier alpha value is -1.94. The SMILES string of the molecule is C#CCn1c(=O)c(=O)n(C)c2nc(Br)cnc21. The van der Waals surface area contributed by atoms with Gasteiger partial charge in [0.15, 0.2) is 11.3 Å². The van der Waals surface area contributed by atoms with Gasteiger partial charge in [-0.2, -0.15) is 0 Å². The van der Waals surface area contributed by atoms with Crippen LogP contribution in [0.5, 0.6) is 0 Å². The molecule has 0 bridgehead atoms. The first kappa shape index (κ1) is 11.5. The Morgan fingerprint density at radius 1 is 1.41 bits per heavy atom. The van der Waals surface area contributed by atoms with Crippen molar-refractivity contribution in [1.82, 2.24) is 19.1 Å². The summed E-state index contributed by atoms with van der Waals surface area (Å²) < 4.78 is 2.77. The van der Waals surface area contributed by atoms with Crippen molar-refractivity contribution in [2.24, 2.45) is 7.05 Å². The smallest absolute Gasteiger partial charge is 0.288 e. The van der Waals surface area contributed by atoms with Gasteiger partial charge in [0, 0.05) is 7.05 Å². The third-order valence-electron chi connectivity index (χ3n) is 2.26. The molecule has 2 heterocycles. The fourth-order valence-corrected chi connectivity index (χ4v) is 1.73. The average Bonchev–Trinajstić information content (AvgIpc) is 2.32. The van der Waals surface area contributed by atoms with Crippen LogP contribution in [0.2, 0.25) is 0 Å². The molecule has 0 aliphatic rings. The van der Waals surface area contributed by atoms with Gasteiger partial charge in [-0.15, -0.1) is 6.42 Å². The van der Waals surface area contributed by atoms with Crippen LogP contribution in [-0.4, -0.2) is 19.1 Å². The summed E-state index contributed by atoms with van der Waals surface area (Å²) in [5.41, 5.74) is -0.785. The number of hydrogen-bond acceptors (Lipinski definition) is 4. The van der Waals surface area contributed by atoms with Crippen LogP contribution in [0.15, 0.2) is 20.4 Å². The van der Waals surface area contributed by atoms with Gasteiger partial charge in [0.05, 0.1) is 12.7 Å². The molecule has 2 aromatic heterocycles. The molecule has 0 radical (unpaired) electrons. The Kier molecular flexibility index (Phi) is 2.81. The zero-order valence-electron chi connectivity index (χ0n) is 8.85. The Morgan fingerprint density at radius 3 is 2.76 bits per heavy atom. The van der Waals surface area contributed by atoms with Crippen molar-refractivity contribution in [1.29, 1.82) is 0 Å². The van der Waals surface area contributed by atoms with Crippen LogP contribution in [0.25, 0.3) is 11.3 Å².